The topological polar surface area (TPSA) is 95.9 Å². The lowest BCUT2D eigenvalue weighted by atomic mass is 10.0. The van der Waals surface area contributed by atoms with Crippen molar-refractivity contribution in [2.75, 3.05) is 13.2 Å². The number of nitrogens with one attached hydrogen (secondary N) is 1. The molecule has 0 saturated heterocycles. The number of rotatable bonds is 63. The first kappa shape index (κ1) is 71.6. The average molecular weight is 1030 g/mol. The highest BCUT2D eigenvalue weighted by Crippen LogP contribution is 2.18. The van der Waals surface area contributed by atoms with E-state index in [2.05, 4.69) is 31.3 Å². The predicted molar refractivity (Wildman–Crippen MR) is 320 cm³/mol. The van der Waals surface area contributed by atoms with Gasteiger partial charge in [-0.05, 0) is 51.4 Å². The lowest BCUT2D eigenvalue weighted by Crippen LogP contribution is -2.45. The highest BCUT2D eigenvalue weighted by molar-refractivity contribution is 5.76. The van der Waals surface area contributed by atoms with Crippen LogP contribution < -0.4 is 5.32 Å². The first-order valence-electron chi connectivity index (χ1n) is 33.4. The Morgan fingerprint density at radius 1 is 0.370 bits per heavy atom. The Balaban J connectivity index is 3.33. The summed E-state index contributed by atoms with van der Waals surface area (Å²) in [6, 6.07) is -0.538. The Bertz CT molecular complexity index is 1100. The van der Waals surface area contributed by atoms with Crippen molar-refractivity contribution in [3.8, 4) is 0 Å². The third kappa shape index (κ3) is 59.7. The van der Waals surface area contributed by atoms with Gasteiger partial charge in [0.05, 0.1) is 25.4 Å². The van der Waals surface area contributed by atoms with Gasteiger partial charge in [0.1, 0.15) is 0 Å². The summed E-state index contributed by atoms with van der Waals surface area (Å²) in [4.78, 5) is 24.5. The van der Waals surface area contributed by atoms with E-state index in [1.807, 2.05) is 0 Å². The molecular formula is C67H131NO5. The highest BCUT2D eigenvalue weighted by Gasteiger charge is 2.20. The summed E-state index contributed by atoms with van der Waals surface area (Å²) in [7, 11) is 0. The van der Waals surface area contributed by atoms with Gasteiger partial charge in [0.25, 0.3) is 0 Å². The summed E-state index contributed by atoms with van der Waals surface area (Å²) in [6.45, 7) is 4.98. The number of amides is 1. The summed E-state index contributed by atoms with van der Waals surface area (Å²) in [5, 5.41) is 23.2. The number of carbonyl (C=O) groups is 2. The van der Waals surface area contributed by atoms with Gasteiger partial charge in [0.15, 0.2) is 0 Å². The van der Waals surface area contributed by atoms with Crippen LogP contribution in [0.2, 0.25) is 0 Å². The molecule has 0 aliphatic carbocycles. The van der Waals surface area contributed by atoms with Crippen molar-refractivity contribution in [1.82, 2.24) is 5.32 Å². The number of aliphatic hydroxyl groups is 2. The summed E-state index contributed by atoms with van der Waals surface area (Å²) in [5.41, 5.74) is 0. The quantitative estimate of drug-likeness (QED) is 0.0320. The number of unbranched alkanes of at least 4 members (excludes halogenated alkanes) is 50. The van der Waals surface area contributed by atoms with Crippen LogP contribution in [0.3, 0.4) is 0 Å². The van der Waals surface area contributed by atoms with E-state index in [1.165, 1.54) is 308 Å². The van der Waals surface area contributed by atoms with Gasteiger partial charge in [-0.2, -0.15) is 0 Å². The summed E-state index contributed by atoms with van der Waals surface area (Å²) >= 11 is 0. The number of hydrogen-bond acceptors (Lipinski definition) is 5. The smallest absolute Gasteiger partial charge is 0.305 e. The summed E-state index contributed by atoms with van der Waals surface area (Å²) < 4.78 is 5.50. The van der Waals surface area contributed by atoms with Crippen molar-refractivity contribution in [2.45, 2.75) is 392 Å². The van der Waals surface area contributed by atoms with Gasteiger partial charge in [-0.3, -0.25) is 9.59 Å². The molecule has 2 atom stereocenters. The van der Waals surface area contributed by atoms with Gasteiger partial charge >= 0.3 is 5.97 Å². The van der Waals surface area contributed by atoms with Gasteiger partial charge in [-0.25, -0.2) is 0 Å². The van der Waals surface area contributed by atoms with Crippen LogP contribution >= 0.6 is 0 Å². The van der Waals surface area contributed by atoms with Crippen molar-refractivity contribution < 1.29 is 24.5 Å². The SMILES string of the molecule is CCCCCCCCCCCCCCCCCCC(=O)OCCCCCCCCCCCCCC/C=C\CCCCCCCCCCCCCCCC(=O)NC(CO)C(O)CCCCCCCCCCCCC. The van der Waals surface area contributed by atoms with Crippen LogP contribution in [0, 0.1) is 0 Å². The van der Waals surface area contributed by atoms with E-state index in [1.54, 1.807) is 0 Å². The molecule has 0 heterocycles. The minimum Gasteiger partial charge on any atom is -0.466 e. The number of carbonyl (C=O) groups excluding carboxylic acids is 2. The molecule has 0 aliphatic rings. The van der Waals surface area contributed by atoms with Crippen LogP contribution in [0.4, 0.5) is 0 Å². The first-order chi connectivity index (χ1) is 36.0. The molecule has 0 bridgehead atoms. The minimum atomic E-state index is -0.661. The fourth-order valence-electron chi connectivity index (χ4n) is 10.7. The van der Waals surface area contributed by atoms with Crippen LogP contribution in [0.1, 0.15) is 380 Å². The average Bonchev–Trinajstić information content (AvgIpc) is 3.39. The Kier molecular flexibility index (Phi) is 61.9. The van der Waals surface area contributed by atoms with Crippen molar-refractivity contribution in [3.63, 3.8) is 0 Å². The van der Waals surface area contributed by atoms with E-state index < -0.39 is 12.1 Å². The lowest BCUT2D eigenvalue weighted by Gasteiger charge is -2.22. The maximum Gasteiger partial charge on any atom is 0.305 e. The third-order valence-electron chi connectivity index (χ3n) is 15.8. The zero-order chi connectivity index (χ0) is 52.9. The molecule has 0 aromatic carbocycles. The normalized spacial score (nSPS) is 12.5. The Labute approximate surface area is 457 Å². The molecule has 3 N–H and O–H groups in total. The number of ether oxygens (including phenoxy) is 1. The molecular weight excluding hydrogens is 899 g/mol. The monoisotopic (exact) mass is 1030 g/mol. The van der Waals surface area contributed by atoms with Crippen molar-refractivity contribution in [1.29, 1.82) is 0 Å². The number of allylic oxidation sites excluding steroid dienone is 2. The molecule has 0 radical (unpaired) electrons. The van der Waals surface area contributed by atoms with E-state index in [0.717, 1.165) is 38.5 Å². The van der Waals surface area contributed by atoms with Crippen LogP contribution in [0.15, 0.2) is 12.2 Å². The zero-order valence-corrected chi connectivity index (χ0v) is 49.6. The van der Waals surface area contributed by atoms with Gasteiger partial charge in [0.2, 0.25) is 5.91 Å². The van der Waals surface area contributed by atoms with Gasteiger partial charge in [-0.1, -0.05) is 328 Å². The molecule has 434 valence electrons. The second-order valence-electron chi connectivity index (χ2n) is 23.2. The molecule has 0 aliphatic heterocycles. The molecule has 0 saturated carbocycles. The van der Waals surface area contributed by atoms with Gasteiger partial charge < -0.3 is 20.3 Å². The molecule has 1 amide bonds. The molecule has 0 aromatic rings. The van der Waals surface area contributed by atoms with Crippen molar-refractivity contribution in [3.05, 3.63) is 12.2 Å². The van der Waals surface area contributed by atoms with Gasteiger partial charge in [-0.15, -0.1) is 0 Å². The highest BCUT2D eigenvalue weighted by atomic mass is 16.5. The fourth-order valence-corrected chi connectivity index (χ4v) is 10.7. The third-order valence-corrected chi connectivity index (χ3v) is 15.8. The minimum absolute atomic E-state index is 0.0207. The molecule has 6 heteroatoms. The van der Waals surface area contributed by atoms with E-state index in [-0.39, 0.29) is 18.5 Å². The van der Waals surface area contributed by atoms with Crippen molar-refractivity contribution >= 4 is 11.9 Å². The van der Waals surface area contributed by atoms with Gasteiger partial charge in [0, 0.05) is 12.8 Å². The fraction of sp³-hybridized carbons (Fsp3) is 0.940. The molecule has 73 heavy (non-hydrogen) atoms. The molecule has 6 nitrogen and oxygen atoms in total. The Morgan fingerprint density at radius 2 is 0.644 bits per heavy atom. The first-order valence-corrected chi connectivity index (χ1v) is 33.4. The van der Waals surface area contributed by atoms with E-state index in [9.17, 15) is 19.8 Å². The largest absolute Gasteiger partial charge is 0.466 e. The molecule has 0 fully saturated rings. The molecule has 0 rings (SSSR count). The number of hydrogen-bond donors (Lipinski definition) is 3. The van der Waals surface area contributed by atoms with Crippen molar-refractivity contribution in [2.24, 2.45) is 0 Å². The van der Waals surface area contributed by atoms with E-state index >= 15 is 0 Å². The molecule has 0 aromatic heterocycles. The number of aliphatic hydroxyl groups excluding tert-OH is 2. The Morgan fingerprint density at radius 3 is 0.973 bits per heavy atom. The second-order valence-corrected chi connectivity index (χ2v) is 23.2. The van der Waals surface area contributed by atoms with E-state index in [4.69, 9.17) is 4.74 Å². The molecule has 0 spiro atoms. The second kappa shape index (κ2) is 63.1. The molecule has 2 unspecified atom stereocenters. The predicted octanol–water partition coefficient (Wildman–Crippen LogP) is 21.2. The lowest BCUT2D eigenvalue weighted by molar-refractivity contribution is -0.143. The van der Waals surface area contributed by atoms with Crippen LogP contribution in [-0.2, 0) is 14.3 Å². The maximum absolute atomic E-state index is 12.5. The van der Waals surface area contributed by atoms with Crippen LogP contribution in [0.5, 0.6) is 0 Å². The number of esters is 1. The standard InChI is InChI=1S/C67H131NO5/c1-3-5-7-9-11-13-15-16-17-34-37-41-45-49-53-57-61-67(72)73-62-58-54-50-46-42-38-35-32-30-28-26-24-22-20-18-19-21-23-25-27-29-31-33-36-40-44-48-52-56-60-66(71)68-64(63-69)65(70)59-55-51-47-43-39-14-12-10-8-6-4-2/h18,20,64-65,69-70H,3-17,19,21-63H2,1-2H3,(H,68,71)/b20-18-. The van der Waals surface area contributed by atoms with Crippen LogP contribution in [-0.4, -0.2) is 47.4 Å². The zero-order valence-electron chi connectivity index (χ0n) is 49.6. The summed E-state index contributed by atoms with van der Waals surface area (Å²) in [5.74, 6) is -0.0126. The van der Waals surface area contributed by atoms with E-state index in [0.29, 0.717) is 25.9 Å². The Hall–Kier alpha value is -1.40. The maximum atomic E-state index is 12.5. The van der Waals surface area contributed by atoms with Crippen LogP contribution in [0.25, 0.3) is 0 Å². The summed E-state index contributed by atoms with van der Waals surface area (Å²) in [6.07, 6.45) is 76.8.